The molecule has 0 heterocycles. The average molecular weight is 397 g/mol. The maximum absolute atomic E-state index is 10.7. The maximum atomic E-state index is 10.7. The van der Waals surface area contributed by atoms with Crippen LogP contribution in [-0.2, 0) is 20.8 Å². The van der Waals surface area contributed by atoms with Crippen molar-refractivity contribution in [3.8, 4) is 0 Å². The van der Waals surface area contributed by atoms with Crippen molar-refractivity contribution in [3.63, 3.8) is 0 Å². The highest BCUT2D eigenvalue weighted by Gasteiger charge is 2.11. The fourth-order valence-electron chi connectivity index (χ4n) is 2.28. The molecule has 1 aromatic carbocycles. The lowest BCUT2D eigenvalue weighted by Crippen LogP contribution is -2.33. The van der Waals surface area contributed by atoms with Gasteiger partial charge in [-0.05, 0) is 31.4 Å². The summed E-state index contributed by atoms with van der Waals surface area (Å²) in [5, 5.41) is 25.7. The number of nitrogens with two attached hydrogens (primary N) is 2. The number of carboxylic acid groups (broad SMARTS) is 3. The Morgan fingerprint density at radius 1 is 0.964 bits per heavy atom. The van der Waals surface area contributed by atoms with Crippen molar-refractivity contribution in [1.82, 2.24) is 4.90 Å². The Hall–Kier alpha value is -2.49. The number of aliphatic carboxylic acids is 3. The second-order valence-electron chi connectivity index (χ2n) is 6.28. The SMILES string of the molecule is NCCCC[C@@H](N)C(=O)O.O=C(O)CCN(CCc1ccccc1)CC(=O)O. The first-order chi connectivity index (χ1) is 13.3. The van der Waals surface area contributed by atoms with Crippen LogP contribution in [0.15, 0.2) is 30.3 Å². The Morgan fingerprint density at radius 2 is 1.61 bits per heavy atom. The predicted molar refractivity (Wildman–Crippen MR) is 105 cm³/mol. The molecule has 0 bridgehead atoms. The average Bonchev–Trinajstić information content (AvgIpc) is 2.65. The van der Waals surface area contributed by atoms with E-state index in [0.717, 1.165) is 18.4 Å². The molecule has 28 heavy (non-hydrogen) atoms. The molecule has 1 rings (SSSR count). The molecule has 7 N–H and O–H groups in total. The fourth-order valence-corrected chi connectivity index (χ4v) is 2.28. The Bertz CT molecular complexity index is 582. The Kier molecular flexibility index (Phi) is 14.2. The van der Waals surface area contributed by atoms with Gasteiger partial charge in [-0.3, -0.25) is 19.3 Å². The largest absolute Gasteiger partial charge is 0.481 e. The van der Waals surface area contributed by atoms with Crippen LogP contribution in [0.4, 0.5) is 0 Å². The number of carbonyl (C=O) groups is 3. The van der Waals surface area contributed by atoms with Gasteiger partial charge >= 0.3 is 17.9 Å². The van der Waals surface area contributed by atoms with Gasteiger partial charge in [0.1, 0.15) is 6.04 Å². The molecule has 0 radical (unpaired) electrons. The van der Waals surface area contributed by atoms with Gasteiger partial charge in [0.05, 0.1) is 13.0 Å². The van der Waals surface area contributed by atoms with Crippen molar-refractivity contribution < 1.29 is 29.7 Å². The summed E-state index contributed by atoms with van der Waals surface area (Å²) < 4.78 is 0. The summed E-state index contributed by atoms with van der Waals surface area (Å²) in [6, 6.07) is 8.99. The van der Waals surface area contributed by atoms with E-state index in [1.165, 1.54) is 0 Å². The summed E-state index contributed by atoms with van der Waals surface area (Å²) in [5.74, 6) is -2.78. The third-order valence-electron chi connectivity index (χ3n) is 3.85. The van der Waals surface area contributed by atoms with Gasteiger partial charge in [0.25, 0.3) is 0 Å². The van der Waals surface area contributed by atoms with E-state index in [1.54, 1.807) is 4.90 Å². The first kappa shape index (κ1) is 25.5. The van der Waals surface area contributed by atoms with Crippen molar-refractivity contribution in [2.75, 3.05) is 26.2 Å². The summed E-state index contributed by atoms with van der Waals surface area (Å²) in [5.41, 5.74) is 11.5. The molecule has 0 saturated carbocycles. The van der Waals surface area contributed by atoms with Gasteiger partial charge in [-0.25, -0.2) is 0 Å². The van der Waals surface area contributed by atoms with Crippen LogP contribution in [0.3, 0.4) is 0 Å². The molecule has 9 nitrogen and oxygen atoms in total. The van der Waals surface area contributed by atoms with Gasteiger partial charge in [-0.15, -0.1) is 0 Å². The monoisotopic (exact) mass is 397 g/mol. The van der Waals surface area contributed by atoms with E-state index in [4.69, 9.17) is 26.8 Å². The van der Waals surface area contributed by atoms with E-state index in [1.807, 2.05) is 30.3 Å². The lowest BCUT2D eigenvalue weighted by molar-refractivity contribution is -0.141. The van der Waals surface area contributed by atoms with Crippen LogP contribution in [0.1, 0.15) is 31.2 Å². The zero-order valence-corrected chi connectivity index (χ0v) is 16.0. The lowest BCUT2D eigenvalue weighted by Gasteiger charge is -2.19. The fraction of sp³-hybridized carbons (Fsp3) is 0.526. The highest BCUT2D eigenvalue weighted by atomic mass is 16.4. The molecule has 1 aromatic rings. The minimum atomic E-state index is -0.937. The quantitative estimate of drug-likeness (QED) is 0.300. The minimum absolute atomic E-state index is 0.0396. The van der Waals surface area contributed by atoms with Crippen LogP contribution in [0.25, 0.3) is 0 Å². The molecule has 0 aromatic heterocycles. The van der Waals surface area contributed by atoms with Crippen LogP contribution < -0.4 is 11.5 Å². The second-order valence-corrected chi connectivity index (χ2v) is 6.28. The Labute approximate surface area is 164 Å². The van der Waals surface area contributed by atoms with Crippen molar-refractivity contribution in [2.45, 2.75) is 38.1 Å². The molecule has 0 fully saturated rings. The topological polar surface area (TPSA) is 167 Å². The Balaban J connectivity index is 0.000000621. The normalized spacial score (nSPS) is 11.4. The van der Waals surface area contributed by atoms with Crippen LogP contribution in [0.2, 0.25) is 0 Å². The molecule has 0 amide bonds. The molecule has 1 atom stereocenters. The van der Waals surface area contributed by atoms with E-state index in [-0.39, 0.29) is 19.5 Å². The molecule has 158 valence electrons. The Morgan fingerprint density at radius 3 is 2.11 bits per heavy atom. The van der Waals surface area contributed by atoms with Crippen molar-refractivity contribution in [2.24, 2.45) is 11.5 Å². The number of hydrogen-bond acceptors (Lipinski definition) is 6. The first-order valence-electron chi connectivity index (χ1n) is 9.14. The van der Waals surface area contributed by atoms with Gasteiger partial charge in [0.15, 0.2) is 0 Å². The third kappa shape index (κ3) is 14.7. The second kappa shape index (κ2) is 15.6. The van der Waals surface area contributed by atoms with Gasteiger partial charge in [-0.1, -0.05) is 36.8 Å². The molecular formula is C19H31N3O6. The molecule has 0 unspecified atom stereocenters. The summed E-state index contributed by atoms with van der Waals surface area (Å²) in [6.07, 6.45) is 2.84. The van der Waals surface area contributed by atoms with Gasteiger partial charge in [0, 0.05) is 13.1 Å². The standard InChI is InChI=1S/C13H17NO4.C6H14N2O2/c15-12(16)7-9-14(10-13(17)18)8-6-11-4-2-1-3-5-11;7-4-2-1-3-5(8)6(9)10/h1-5H,6-10H2,(H,15,16)(H,17,18);5H,1-4,7-8H2,(H,9,10)/t;5-/m.1/s1. The van der Waals surface area contributed by atoms with Crippen molar-refractivity contribution >= 4 is 17.9 Å². The zero-order valence-electron chi connectivity index (χ0n) is 16.0. The smallest absolute Gasteiger partial charge is 0.320 e. The molecule has 0 aliphatic heterocycles. The number of nitrogens with zero attached hydrogens (tertiary/aromatic N) is 1. The van der Waals surface area contributed by atoms with Crippen molar-refractivity contribution in [1.29, 1.82) is 0 Å². The first-order valence-corrected chi connectivity index (χ1v) is 9.14. The van der Waals surface area contributed by atoms with Crippen molar-refractivity contribution in [3.05, 3.63) is 35.9 Å². The number of hydrogen-bond donors (Lipinski definition) is 5. The summed E-state index contributed by atoms with van der Waals surface area (Å²) in [7, 11) is 0. The van der Waals surface area contributed by atoms with Crippen LogP contribution in [0, 0.1) is 0 Å². The number of benzene rings is 1. The minimum Gasteiger partial charge on any atom is -0.481 e. The molecule has 0 aliphatic carbocycles. The molecular weight excluding hydrogens is 366 g/mol. The van der Waals surface area contributed by atoms with E-state index >= 15 is 0 Å². The number of rotatable bonds is 13. The van der Waals surface area contributed by atoms with Gasteiger partial charge in [-0.2, -0.15) is 0 Å². The summed E-state index contributed by atoms with van der Waals surface area (Å²) in [4.78, 5) is 32.9. The summed E-state index contributed by atoms with van der Waals surface area (Å²) in [6.45, 7) is 1.28. The number of carboxylic acids is 3. The molecule has 9 heteroatoms. The molecule has 0 aliphatic rings. The lowest BCUT2D eigenvalue weighted by atomic mass is 10.1. The van der Waals surface area contributed by atoms with Crippen LogP contribution in [0.5, 0.6) is 0 Å². The van der Waals surface area contributed by atoms with Gasteiger partial charge < -0.3 is 26.8 Å². The van der Waals surface area contributed by atoms with E-state index in [2.05, 4.69) is 0 Å². The predicted octanol–water partition coefficient (Wildman–Crippen LogP) is 0.618. The van der Waals surface area contributed by atoms with E-state index in [9.17, 15) is 14.4 Å². The zero-order chi connectivity index (χ0) is 21.4. The highest BCUT2D eigenvalue weighted by molar-refractivity contribution is 5.72. The number of unbranched alkanes of at least 4 members (excludes halogenated alkanes) is 1. The molecule has 0 spiro atoms. The van der Waals surface area contributed by atoms with Crippen LogP contribution >= 0.6 is 0 Å². The highest BCUT2D eigenvalue weighted by Crippen LogP contribution is 2.02. The van der Waals surface area contributed by atoms with E-state index < -0.39 is 23.9 Å². The van der Waals surface area contributed by atoms with Gasteiger partial charge in [0.2, 0.25) is 0 Å². The van der Waals surface area contributed by atoms with Crippen LogP contribution in [-0.4, -0.2) is 70.3 Å². The summed E-state index contributed by atoms with van der Waals surface area (Å²) >= 11 is 0. The maximum Gasteiger partial charge on any atom is 0.320 e. The van der Waals surface area contributed by atoms with E-state index in [0.29, 0.717) is 25.9 Å². The molecule has 0 saturated heterocycles. The third-order valence-corrected chi connectivity index (χ3v) is 3.85.